The van der Waals surface area contributed by atoms with Crippen LogP contribution in [-0.4, -0.2) is 36.8 Å². The van der Waals surface area contributed by atoms with E-state index < -0.39 is 27.3 Å². The van der Waals surface area contributed by atoms with Crippen LogP contribution in [-0.2, 0) is 20.8 Å². The fraction of sp³-hybridized carbons (Fsp3) is 0.286. The summed E-state index contributed by atoms with van der Waals surface area (Å²) in [5.41, 5.74) is -0.452. The third-order valence-corrected chi connectivity index (χ3v) is 7.90. The van der Waals surface area contributed by atoms with E-state index in [0.717, 1.165) is 0 Å². The first kappa shape index (κ1) is 27.5. The molecule has 2 aromatic heterocycles. The van der Waals surface area contributed by atoms with Gasteiger partial charge in [-0.3, -0.25) is 0 Å². The Labute approximate surface area is 219 Å². The molecule has 0 aliphatic rings. The van der Waals surface area contributed by atoms with Crippen LogP contribution in [0.4, 0.5) is 13.2 Å². The SMILES string of the molecule is COC(C)(C)CCS(=O)(=O)c1cccc(Oc2cccc(-c3c(C)c(C(F)(F)F)nc4ccccc34)c2)n1. The average Bonchev–Trinajstić information content (AvgIpc) is 2.87. The van der Waals surface area contributed by atoms with Crippen molar-refractivity contribution in [3.05, 3.63) is 78.0 Å². The number of hydrogen-bond acceptors (Lipinski definition) is 6. The summed E-state index contributed by atoms with van der Waals surface area (Å²) in [6, 6.07) is 17.6. The number of methoxy groups -OCH3 is 1. The number of pyridine rings is 2. The summed E-state index contributed by atoms with van der Waals surface area (Å²) in [6.07, 6.45) is -4.34. The maximum Gasteiger partial charge on any atom is 0.433 e. The molecular formula is C28H27F3N2O4S. The molecule has 0 N–H and O–H groups in total. The number of aromatic nitrogens is 2. The summed E-state index contributed by atoms with van der Waals surface area (Å²) in [6.45, 7) is 4.99. The van der Waals surface area contributed by atoms with E-state index in [1.165, 1.54) is 38.3 Å². The Bertz CT molecular complexity index is 1590. The molecule has 0 saturated carbocycles. The number of rotatable bonds is 8. The third-order valence-electron chi connectivity index (χ3n) is 6.29. The van der Waals surface area contributed by atoms with Gasteiger partial charge in [0.05, 0.1) is 16.9 Å². The van der Waals surface area contributed by atoms with Crippen molar-refractivity contribution in [3.8, 4) is 22.8 Å². The maximum absolute atomic E-state index is 13.8. The molecule has 0 bridgehead atoms. The van der Waals surface area contributed by atoms with Gasteiger partial charge in [0, 0.05) is 18.6 Å². The molecule has 0 atom stereocenters. The average molecular weight is 545 g/mol. The molecule has 0 fully saturated rings. The Hall–Kier alpha value is -3.50. The molecule has 2 heterocycles. The molecule has 0 aliphatic heterocycles. The van der Waals surface area contributed by atoms with Gasteiger partial charge in [0.25, 0.3) is 0 Å². The zero-order valence-corrected chi connectivity index (χ0v) is 22.2. The lowest BCUT2D eigenvalue weighted by Gasteiger charge is -2.22. The van der Waals surface area contributed by atoms with Crippen molar-refractivity contribution >= 4 is 20.7 Å². The number of nitrogens with zero attached hydrogens (tertiary/aromatic N) is 2. The van der Waals surface area contributed by atoms with E-state index in [1.807, 2.05) is 0 Å². The van der Waals surface area contributed by atoms with Crippen LogP contribution in [0.5, 0.6) is 11.6 Å². The molecule has 0 aliphatic carbocycles. The van der Waals surface area contributed by atoms with Crippen molar-refractivity contribution in [2.75, 3.05) is 12.9 Å². The highest BCUT2D eigenvalue weighted by Gasteiger charge is 2.36. The monoisotopic (exact) mass is 544 g/mol. The van der Waals surface area contributed by atoms with Gasteiger partial charge in [0.15, 0.2) is 14.9 Å². The number of halogens is 3. The van der Waals surface area contributed by atoms with Crippen LogP contribution in [0.25, 0.3) is 22.0 Å². The van der Waals surface area contributed by atoms with E-state index >= 15 is 0 Å². The standard InChI is InChI=1S/C28H27F3N2O4S/c1-18-25(21-11-5-6-12-22(21)32-26(18)28(29,30)31)19-9-7-10-20(17-19)37-23-13-8-14-24(33-23)38(34,35)16-15-27(2,3)36-4/h5-14,17H,15-16H2,1-4H3. The van der Waals surface area contributed by atoms with Crippen molar-refractivity contribution in [3.63, 3.8) is 0 Å². The van der Waals surface area contributed by atoms with E-state index in [-0.39, 0.29) is 34.2 Å². The number of benzene rings is 2. The second-order valence-electron chi connectivity index (χ2n) is 9.45. The van der Waals surface area contributed by atoms with Gasteiger partial charge in [-0.05, 0) is 68.1 Å². The normalized spacial score (nSPS) is 12.6. The minimum Gasteiger partial charge on any atom is -0.439 e. The summed E-state index contributed by atoms with van der Waals surface area (Å²) in [5.74, 6) is 0.177. The molecule has 0 amide bonds. The molecule has 4 aromatic rings. The first-order chi connectivity index (χ1) is 17.8. The Morgan fingerprint density at radius 3 is 2.34 bits per heavy atom. The fourth-order valence-electron chi connectivity index (χ4n) is 4.00. The maximum atomic E-state index is 13.8. The third kappa shape index (κ3) is 5.97. The number of alkyl halides is 3. The predicted molar refractivity (Wildman–Crippen MR) is 139 cm³/mol. The van der Waals surface area contributed by atoms with Crippen molar-refractivity contribution in [1.82, 2.24) is 9.97 Å². The highest BCUT2D eigenvalue weighted by atomic mass is 32.2. The summed E-state index contributed by atoms with van der Waals surface area (Å²) in [7, 11) is -2.18. The lowest BCUT2D eigenvalue weighted by atomic mass is 9.94. The molecular weight excluding hydrogens is 517 g/mol. The number of hydrogen-bond donors (Lipinski definition) is 0. The zero-order valence-electron chi connectivity index (χ0n) is 21.3. The van der Waals surface area contributed by atoms with Crippen LogP contribution in [0.1, 0.15) is 31.5 Å². The first-order valence-corrected chi connectivity index (χ1v) is 13.5. The highest BCUT2D eigenvalue weighted by molar-refractivity contribution is 7.91. The van der Waals surface area contributed by atoms with Gasteiger partial charge in [-0.25, -0.2) is 18.4 Å². The van der Waals surface area contributed by atoms with Gasteiger partial charge in [-0.1, -0.05) is 36.4 Å². The van der Waals surface area contributed by atoms with Gasteiger partial charge < -0.3 is 9.47 Å². The van der Waals surface area contributed by atoms with Gasteiger partial charge in [0.1, 0.15) is 11.4 Å². The summed E-state index contributed by atoms with van der Waals surface area (Å²) >= 11 is 0. The number of sulfone groups is 1. The van der Waals surface area contributed by atoms with Gasteiger partial charge in [0.2, 0.25) is 5.88 Å². The molecule has 4 rings (SSSR count). The summed E-state index contributed by atoms with van der Waals surface area (Å²) in [5, 5.41) is 0.434. The molecule has 0 saturated heterocycles. The van der Waals surface area contributed by atoms with Crippen molar-refractivity contribution in [2.24, 2.45) is 0 Å². The Morgan fingerprint density at radius 2 is 1.63 bits per heavy atom. The quantitative estimate of drug-likeness (QED) is 0.238. The largest absolute Gasteiger partial charge is 0.439 e. The minimum atomic E-state index is -4.62. The first-order valence-electron chi connectivity index (χ1n) is 11.8. The van der Waals surface area contributed by atoms with Crippen LogP contribution in [0.3, 0.4) is 0 Å². The predicted octanol–water partition coefficient (Wildman–Crippen LogP) is 7.01. The van der Waals surface area contributed by atoms with Gasteiger partial charge in [-0.15, -0.1) is 0 Å². The molecule has 0 unspecified atom stereocenters. The molecule has 6 nitrogen and oxygen atoms in total. The Morgan fingerprint density at radius 1 is 0.921 bits per heavy atom. The van der Waals surface area contributed by atoms with Crippen LogP contribution in [0, 0.1) is 6.92 Å². The molecule has 10 heteroatoms. The highest BCUT2D eigenvalue weighted by Crippen LogP contribution is 2.40. The minimum absolute atomic E-state index is 0.00134. The summed E-state index contributed by atoms with van der Waals surface area (Å²) in [4.78, 5) is 8.03. The number of fused-ring (bicyclic) bond motifs is 1. The lowest BCUT2D eigenvalue weighted by Crippen LogP contribution is -2.26. The smallest absolute Gasteiger partial charge is 0.433 e. The van der Waals surface area contributed by atoms with Crippen molar-refractivity contribution in [2.45, 2.75) is 44.0 Å². The topological polar surface area (TPSA) is 78.4 Å². The molecule has 0 spiro atoms. The van der Waals surface area contributed by atoms with E-state index in [1.54, 1.807) is 56.3 Å². The molecule has 38 heavy (non-hydrogen) atoms. The second-order valence-corrected chi connectivity index (χ2v) is 11.5. The van der Waals surface area contributed by atoms with E-state index in [0.29, 0.717) is 22.3 Å². The van der Waals surface area contributed by atoms with E-state index in [9.17, 15) is 21.6 Å². The summed E-state index contributed by atoms with van der Waals surface area (Å²) < 4.78 is 78.1. The number of ether oxygens (including phenoxy) is 2. The fourth-order valence-corrected chi connectivity index (χ4v) is 5.49. The van der Waals surface area contributed by atoms with Crippen LogP contribution in [0.2, 0.25) is 0 Å². The van der Waals surface area contributed by atoms with E-state index in [2.05, 4.69) is 9.97 Å². The molecule has 0 radical (unpaired) electrons. The molecule has 200 valence electrons. The lowest BCUT2D eigenvalue weighted by molar-refractivity contribution is -0.141. The van der Waals surface area contributed by atoms with Crippen LogP contribution in [0.15, 0.2) is 71.8 Å². The second kappa shape index (κ2) is 10.3. The van der Waals surface area contributed by atoms with E-state index in [4.69, 9.17) is 9.47 Å². The molecule has 2 aromatic carbocycles. The Balaban J connectivity index is 1.69. The van der Waals surface area contributed by atoms with Crippen LogP contribution >= 0.6 is 0 Å². The Kier molecular flexibility index (Phi) is 7.49. The van der Waals surface area contributed by atoms with Crippen LogP contribution < -0.4 is 4.74 Å². The van der Waals surface area contributed by atoms with Crippen molar-refractivity contribution in [1.29, 1.82) is 0 Å². The van der Waals surface area contributed by atoms with Gasteiger partial charge >= 0.3 is 6.18 Å². The zero-order chi connectivity index (χ0) is 27.7. The van der Waals surface area contributed by atoms with Gasteiger partial charge in [-0.2, -0.15) is 13.2 Å². The van der Waals surface area contributed by atoms with Crippen molar-refractivity contribution < 1.29 is 31.1 Å². The number of para-hydroxylation sites is 1.